The van der Waals surface area contributed by atoms with Crippen molar-refractivity contribution < 1.29 is 0 Å². The van der Waals surface area contributed by atoms with E-state index in [1.165, 1.54) is 111 Å². The Balaban J connectivity index is 1.35. The molecule has 32 heavy (non-hydrogen) atoms. The lowest BCUT2D eigenvalue weighted by Crippen LogP contribution is -1.87. The van der Waals surface area contributed by atoms with Gasteiger partial charge in [0.2, 0.25) is 0 Å². The monoisotopic (exact) mass is 438 g/mol. The van der Waals surface area contributed by atoms with Crippen molar-refractivity contribution in [2.75, 3.05) is 0 Å². The van der Waals surface area contributed by atoms with Gasteiger partial charge in [0.05, 0.1) is 0 Å². The molecule has 0 saturated heterocycles. The summed E-state index contributed by atoms with van der Waals surface area (Å²) in [4.78, 5) is 0. The molecule has 0 fully saturated rings. The van der Waals surface area contributed by atoms with Crippen LogP contribution in [0.1, 0.15) is 69.4 Å². The summed E-state index contributed by atoms with van der Waals surface area (Å²) in [6.07, 6.45) is 12.3. The van der Waals surface area contributed by atoms with Crippen LogP contribution in [0.2, 0.25) is 0 Å². The average Bonchev–Trinajstić information content (AvgIpc) is 3.13. The predicted molar refractivity (Wildman–Crippen MR) is 145 cm³/mol. The molecule has 1 aromatic heterocycles. The van der Waals surface area contributed by atoms with Crippen LogP contribution in [0, 0.1) is 6.92 Å². The summed E-state index contributed by atoms with van der Waals surface area (Å²) in [5.41, 5.74) is 2.82. The molecule has 0 saturated carbocycles. The van der Waals surface area contributed by atoms with Crippen LogP contribution in [0.3, 0.4) is 0 Å². The summed E-state index contributed by atoms with van der Waals surface area (Å²) in [6, 6.07) is 23.5. The number of thiophene rings is 1. The lowest BCUT2D eigenvalue weighted by Gasteiger charge is -2.05. The van der Waals surface area contributed by atoms with Crippen LogP contribution in [0.4, 0.5) is 0 Å². The molecule has 0 bridgehead atoms. The molecular formula is C31H34S. The lowest BCUT2D eigenvalue weighted by molar-refractivity contribution is 0.575. The molecule has 0 aliphatic rings. The number of hydrogen-bond donors (Lipinski definition) is 0. The quantitative estimate of drug-likeness (QED) is 0.201. The fraction of sp³-hybridized carbons (Fsp3) is 0.355. The maximum Gasteiger partial charge on any atom is 0.0361 e. The standard InChI is InChI=1S/C31H34S/c1-3-4-5-6-7-8-9-10-11-23-13-15-24-18-28-29-19-26-16-22(2)12-14-25(26)20-30(29)32-31(28)21-27(24)17-23/h12-21H,3-11H2,1-2H3. The third kappa shape index (κ3) is 4.55. The second-order valence-electron chi connectivity index (χ2n) is 9.56. The van der Waals surface area contributed by atoms with Gasteiger partial charge in [-0.3, -0.25) is 0 Å². The zero-order valence-corrected chi connectivity index (χ0v) is 20.4. The van der Waals surface area contributed by atoms with E-state index < -0.39 is 0 Å². The Labute approximate surface area is 196 Å². The van der Waals surface area contributed by atoms with E-state index in [1.807, 2.05) is 11.3 Å². The van der Waals surface area contributed by atoms with Gasteiger partial charge in [0.25, 0.3) is 0 Å². The second-order valence-corrected chi connectivity index (χ2v) is 10.6. The zero-order chi connectivity index (χ0) is 21.9. The van der Waals surface area contributed by atoms with Gasteiger partial charge in [-0.05, 0) is 71.1 Å². The highest BCUT2D eigenvalue weighted by molar-refractivity contribution is 7.26. The highest BCUT2D eigenvalue weighted by Gasteiger charge is 2.09. The first-order valence-corrected chi connectivity index (χ1v) is 13.3. The van der Waals surface area contributed by atoms with Gasteiger partial charge in [0.15, 0.2) is 0 Å². The van der Waals surface area contributed by atoms with Gasteiger partial charge < -0.3 is 0 Å². The Morgan fingerprint density at radius 2 is 1.16 bits per heavy atom. The van der Waals surface area contributed by atoms with Gasteiger partial charge in [0, 0.05) is 20.2 Å². The lowest BCUT2D eigenvalue weighted by atomic mass is 9.99. The van der Waals surface area contributed by atoms with Gasteiger partial charge in [-0.1, -0.05) is 93.8 Å². The van der Waals surface area contributed by atoms with E-state index in [4.69, 9.17) is 0 Å². The van der Waals surface area contributed by atoms with Crippen LogP contribution in [0.5, 0.6) is 0 Å². The average molecular weight is 439 g/mol. The van der Waals surface area contributed by atoms with E-state index in [9.17, 15) is 0 Å². The summed E-state index contributed by atoms with van der Waals surface area (Å²) < 4.78 is 2.80. The molecule has 0 unspecified atom stereocenters. The molecule has 0 spiro atoms. The van der Waals surface area contributed by atoms with Gasteiger partial charge in [-0.2, -0.15) is 0 Å². The van der Waals surface area contributed by atoms with Crippen LogP contribution in [-0.2, 0) is 6.42 Å². The molecule has 0 amide bonds. The van der Waals surface area contributed by atoms with Crippen LogP contribution < -0.4 is 0 Å². The van der Waals surface area contributed by atoms with Crippen LogP contribution in [0.25, 0.3) is 41.7 Å². The molecule has 0 atom stereocenters. The summed E-state index contributed by atoms with van der Waals surface area (Å²) >= 11 is 1.93. The number of aryl methyl sites for hydroxylation is 2. The minimum absolute atomic E-state index is 1.21. The minimum Gasteiger partial charge on any atom is -0.135 e. The SMILES string of the molecule is CCCCCCCCCCc1ccc2cc3c(cc2c1)sc1cc2ccc(C)cc2cc13. The minimum atomic E-state index is 1.21. The second kappa shape index (κ2) is 9.63. The van der Waals surface area contributed by atoms with Crippen molar-refractivity contribution in [3.8, 4) is 0 Å². The van der Waals surface area contributed by atoms with Crippen LogP contribution >= 0.6 is 11.3 Å². The topological polar surface area (TPSA) is 0 Å². The Morgan fingerprint density at radius 3 is 1.94 bits per heavy atom. The van der Waals surface area contributed by atoms with E-state index in [1.54, 1.807) is 0 Å². The number of fused-ring (bicyclic) bond motifs is 5. The van der Waals surface area contributed by atoms with Gasteiger partial charge in [-0.25, -0.2) is 0 Å². The fourth-order valence-electron chi connectivity index (χ4n) is 5.05. The molecule has 5 aromatic rings. The van der Waals surface area contributed by atoms with Crippen LogP contribution in [-0.4, -0.2) is 0 Å². The molecule has 0 radical (unpaired) electrons. The van der Waals surface area contributed by atoms with Crippen molar-refractivity contribution in [3.05, 3.63) is 71.8 Å². The van der Waals surface area contributed by atoms with Crippen molar-refractivity contribution in [3.63, 3.8) is 0 Å². The summed E-state index contributed by atoms with van der Waals surface area (Å²) in [7, 11) is 0. The molecule has 0 nitrogen and oxygen atoms in total. The number of unbranched alkanes of at least 4 members (excludes halogenated alkanes) is 7. The van der Waals surface area contributed by atoms with E-state index in [-0.39, 0.29) is 0 Å². The molecule has 164 valence electrons. The van der Waals surface area contributed by atoms with Crippen molar-refractivity contribution in [1.29, 1.82) is 0 Å². The normalized spacial score (nSPS) is 11.9. The Morgan fingerprint density at radius 1 is 0.562 bits per heavy atom. The zero-order valence-electron chi connectivity index (χ0n) is 19.5. The summed E-state index contributed by atoms with van der Waals surface area (Å²) in [5.74, 6) is 0. The van der Waals surface area contributed by atoms with Crippen LogP contribution in [0.15, 0.2) is 60.7 Å². The molecule has 0 N–H and O–H groups in total. The van der Waals surface area contributed by atoms with Gasteiger partial charge in [-0.15, -0.1) is 11.3 Å². The van der Waals surface area contributed by atoms with E-state index >= 15 is 0 Å². The predicted octanol–water partition coefficient (Wildman–Crippen LogP) is 10.4. The molecule has 0 aliphatic heterocycles. The first-order valence-electron chi connectivity index (χ1n) is 12.5. The Hall–Kier alpha value is -2.38. The largest absolute Gasteiger partial charge is 0.135 e. The summed E-state index contributed by atoms with van der Waals surface area (Å²) in [6.45, 7) is 4.46. The van der Waals surface area contributed by atoms with Crippen molar-refractivity contribution in [2.24, 2.45) is 0 Å². The molecular weight excluding hydrogens is 404 g/mol. The van der Waals surface area contributed by atoms with Crippen molar-refractivity contribution >= 4 is 53.1 Å². The molecule has 1 heteroatoms. The third-order valence-corrected chi connectivity index (χ3v) is 8.04. The smallest absolute Gasteiger partial charge is 0.0361 e. The highest BCUT2D eigenvalue weighted by atomic mass is 32.1. The third-order valence-electron chi connectivity index (χ3n) is 6.93. The molecule has 1 heterocycles. The highest BCUT2D eigenvalue weighted by Crippen LogP contribution is 2.38. The van der Waals surface area contributed by atoms with E-state index in [0.717, 1.165) is 0 Å². The summed E-state index contributed by atoms with van der Waals surface area (Å²) in [5, 5.41) is 8.23. The van der Waals surface area contributed by atoms with E-state index in [2.05, 4.69) is 74.5 Å². The first kappa shape index (κ1) is 21.5. The van der Waals surface area contributed by atoms with Crippen molar-refractivity contribution in [1.82, 2.24) is 0 Å². The van der Waals surface area contributed by atoms with Gasteiger partial charge in [0.1, 0.15) is 0 Å². The number of benzene rings is 4. The number of rotatable bonds is 9. The Kier molecular flexibility index (Phi) is 6.46. The Bertz CT molecular complexity index is 1370. The van der Waals surface area contributed by atoms with Gasteiger partial charge >= 0.3 is 0 Å². The molecule has 5 rings (SSSR count). The molecule has 4 aromatic carbocycles. The van der Waals surface area contributed by atoms with Crippen molar-refractivity contribution in [2.45, 2.75) is 71.6 Å². The van der Waals surface area contributed by atoms with E-state index in [0.29, 0.717) is 0 Å². The maximum atomic E-state index is 2.43. The molecule has 0 aliphatic carbocycles. The first-order chi connectivity index (χ1) is 15.7. The number of hydrogen-bond acceptors (Lipinski definition) is 1. The maximum absolute atomic E-state index is 2.43. The fourth-order valence-corrected chi connectivity index (χ4v) is 6.22.